The zero-order valence-corrected chi connectivity index (χ0v) is 7.50. The van der Waals surface area contributed by atoms with Crippen molar-refractivity contribution in [2.75, 3.05) is 18.9 Å². The van der Waals surface area contributed by atoms with Gasteiger partial charge in [0.1, 0.15) is 0 Å². The fourth-order valence-electron chi connectivity index (χ4n) is 1.69. The van der Waals surface area contributed by atoms with E-state index in [2.05, 4.69) is 10.6 Å². The van der Waals surface area contributed by atoms with E-state index in [0.29, 0.717) is 6.54 Å². The third kappa shape index (κ3) is 1.26. The molecule has 2 N–H and O–H groups in total. The van der Waals surface area contributed by atoms with Crippen molar-refractivity contribution in [3.05, 3.63) is 29.8 Å². The Morgan fingerprint density at radius 1 is 1.54 bits per heavy atom. The van der Waals surface area contributed by atoms with Crippen LogP contribution in [0.15, 0.2) is 24.3 Å². The largest absolute Gasteiger partial charge is 0.384 e. The number of anilines is 1. The molecule has 0 fully saturated rings. The number of likely N-dealkylation sites (N-methyl/N-ethyl adjacent to an activating group) is 1. The highest BCUT2D eigenvalue weighted by Gasteiger charge is 2.26. The van der Waals surface area contributed by atoms with Crippen molar-refractivity contribution in [3.8, 4) is 0 Å². The van der Waals surface area contributed by atoms with Crippen LogP contribution in [0.4, 0.5) is 5.69 Å². The van der Waals surface area contributed by atoms with Crippen LogP contribution in [0.5, 0.6) is 0 Å². The number of para-hydroxylation sites is 1. The number of benzene rings is 1. The van der Waals surface area contributed by atoms with Crippen LogP contribution in [0, 0.1) is 0 Å². The second kappa shape index (κ2) is 3.09. The molecule has 0 bridgehead atoms. The van der Waals surface area contributed by atoms with Crippen molar-refractivity contribution in [2.24, 2.45) is 0 Å². The number of carbonyl (C=O) groups is 1. The average Bonchev–Trinajstić information content (AvgIpc) is 2.60. The maximum atomic E-state index is 11.4. The number of carbonyl (C=O) groups excluding carboxylic acids is 1. The Morgan fingerprint density at radius 3 is 3.08 bits per heavy atom. The van der Waals surface area contributed by atoms with Gasteiger partial charge in [-0.3, -0.25) is 4.79 Å². The van der Waals surface area contributed by atoms with E-state index in [0.717, 1.165) is 11.3 Å². The Balaban J connectivity index is 2.33. The topological polar surface area (TPSA) is 41.1 Å². The molecule has 1 heterocycles. The van der Waals surface area contributed by atoms with Crippen molar-refractivity contribution in [3.63, 3.8) is 0 Å². The lowest BCUT2D eigenvalue weighted by molar-refractivity contribution is -0.121. The first-order chi connectivity index (χ1) is 6.33. The van der Waals surface area contributed by atoms with Gasteiger partial charge in [0.2, 0.25) is 5.91 Å². The molecular weight excluding hydrogens is 164 g/mol. The number of fused-ring (bicyclic) bond motifs is 1. The quantitative estimate of drug-likeness (QED) is 0.668. The molecule has 1 aromatic rings. The van der Waals surface area contributed by atoms with Crippen LogP contribution in [-0.2, 0) is 4.79 Å². The summed E-state index contributed by atoms with van der Waals surface area (Å²) in [6, 6.07) is 7.92. The number of nitrogens with one attached hydrogen (secondary N) is 2. The SMILES string of the molecule is CNC(=O)[C@H]1CNc2ccccc21. The van der Waals surface area contributed by atoms with Gasteiger partial charge in [0.15, 0.2) is 0 Å². The minimum atomic E-state index is -0.0267. The lowest BCUT2D eigenvalue weighted by Gasteiger charge is -2.07. The second-order valence-corrected chi connectivity index (χ2v) is 3.13. The highest BCUT2D eigenvalue weighted by atomic mass is 16.1. The Kier molecular flexibility index (Phi) is 1.93. The molecule has 0 radical (unpaired) electrons. The normalized spacial score (nSPS) is 19.0. The minimum absolute atomic E-state index is 0.0267. The van der Waals surface area contributed by atoms with Crippen LogP contribution >= 0.6 is 0 Å². The van der Waals surface area contributed by atoms with E-state index in [1.54, 1.807) is 7.05 Å². The average molecular weight is 176 g/mol. The van der Waals surface area contributed by atoms with E-state index >= 15 is 0 Å². The molecule has 1 amide bonds. The summed E-state index contributed by atoms with van der Waals surface area (Å²) in [7, 11) is 1.67. The van der Waals surface area contributed by atoms with E-state index in [-0.39, 0.29) is 11.8 Å². The summed E-state index contributed by atoms with van der Waals surface area (Å²) in [5.41, 5.74) is 2.18. The van der Waals surface area contributed by atoms with Gasteiger partial charge in [0.25, 0.3) is 0 Å². The molecule has 1 aliphatic rings. The summed E-state index contributed by atoms with van der Waals surface area (Å²) in [6.45, 7) is 0.707. The molecule has 0 aromatic heterocycles. The summed E-state index contributed by atoms with van der Waals surface area (Å²) < 4.78 is 0. The molecule has 1 atom stereocenters. The van der Waals surface area contributed by atoms with Crippen LogP contribution in [0.25, 0.3) is 0 Å². The first-order valence-corrected chi connectivity index (χ1v) is 4.37. The smallest absolute Gasteiger partial charge is 0.229 e. The molecule has 0 unspecified atom stereocenters. The van der Waals surface area contributed by atoms with Gasteiger partial charge in [-0.1, -0.05) is 18.2 Å². The molecule has 13 heavy (non-hydrogen) atoms. The predicted octanol–water partition coefficient (Wildman–Crippen LogP) is 0.942. The maximum absolute atomic E-state index is 11.4. The van der Waals surface area contributed by atoms with Crippen molar-refractivity contribution >= 4 is 11.6 Å². The Hall–Kier alpha value is -1.51. The standard InChI is InChI=1S/C10H12N2O/c1-11-10(13)8-6-12-9-5-3-2-4-7(8)9/h2-5,8,12H,6H2,1H3,(H,11,13)/t8-/m0/s1. The summed E-state index contributed by atoms with van der Waals surface area (Å²) in [4.78, 5) is 11.4. The first kappa shape index (κ1) is 8.10. The molecule has 0 aliphatic carbocycles. The van der Waals surface area contributed by atoms with Crippen LogP contribution in [0.3, 0.4) is 0 Å². The van der Waals surface area contributed by atoms with Crippen LogP contribution in [-0.4, -0.2) is 19.5 Å². The molecule has 1 aliphatic heterocycles. The summed E-state index contributed by atoms with van der Waals surface area (Å²) >= 11 is 0. The van der Waals surface area contributed by atoms with Crippen LogP contribution in [0.1, 0.15) is 11.5 Å². The van der Waals surface area contributed by atoms with Gasteiger partial charge in [0, 0.05) is 19.3 Å². The Labute approximate surface area is 77.1 Å². The van der Waals surface area contributed by atoms with Crippen molar-refractivity contribution in [1.29, 1.82) is 0 Å². The maximum Gasteiger partial charge on any atom is 0.229 e. The first-order valence-electron chi connectivity index (χ1n) is 4.37. The predicted molar refractivity (Wildman–Crippen MR) is 51.7 cm³/mol. The van der Waals surface area contributed by atoms with E-state index in [1.165, 1.54) is 0 Å². The fourth-order valence-corrected chi connectivity index (χ4v) is 1.69. The molecule has 2 rings (SSSR count). The van der Waals surface area contributed by atoms with Gasteiger partial charge in [0.05, 0.1) is 5.92 Å². The molecular formula is C10H12N2O. The van der Waals surface area contributed by atoms with Gasteiger partial charge >= 0.3 is 0 Å². The summed E-state index contributed by atoms with van der Waals surface area (Å²) in [5, 5.41) is 5.87. The third-order valence-corrected chi connectivity index (χ3v) is 2.40. The number of rotatable bonds is 1. The van der Waals surface area contributed by atoms with Crippen LogP contribution in [0.2, 0.25) is 0 Å². The fraction of sp³-hybridized carbons (Fsp3) is 0.300. The molecule has 68 valence electrons. The number of hydrogen-bond acceptors (Lipinski definition) is 2. The third-order valence-electron chi connectivity index (χ3n) is 2.40. The number of hydrogen-bond donors (Lipinski definition) is 2. The van der Waals surface area contributed by atoms with Gasteiger partial charge in [-0.15, -0.1) is 0 Å². The lowest BCUT2D eigenvalue weighted by atomic mass is 10.0. The number of amides is 1. The van der Waals surface area contributed by atoms with Gasteiger partial charge < -0.3 is 10.6 Å². The van der Waals surface area contributed by atoms with Crippen molar-refractivity contribution in [1.82, 2.24) is 5.32 Å². The van der Waals surface area contributed by atoms with E-state index in [4.69, 9.17) is 0 Å². The highest BCUT2D eigenvalue weighted by molar-refractivity contribution is 5.87. The van der Waals surface area contributed by atoms with Gasteiger partial charge in [-0.25, -0.2) is 0 Å². The van der Waals surface area contributed by atoms with E-state index < -0.39 is 0 Å². The van der Waals surface area contributed by atoms with Crippen LogP contribution < -0.4 is 10.6 Å². The highest BCUT2D eigenvalue weighted by Crippen LogP contribution is 2.30. The monoisotopic (exact) mass is 176 g/mol. The zero-order valence-electron chi connectivity index (χ0n) is 7.50. The molecule has 3 nitrogen and oxygen atoms in total. The molecule has 1 aromatic carbocycles. The Bertz CT molecular complexity index is 335. The minimum Gasteiger partial charge on any atom is -0.384 e. The molecule has 0 saturated heterocycles. The molecule has 0 spiro atoms. The summed E-state index contributed by atoms with van der Waals surface area (Å²) in [6.07, 6.45) is 0. The lowest BCUT2D eigenvalue weighted by Crippen LogP contribution is -2.26. The summed E-state index contributed by atoms with van der Waals surface area (Å²) in [5.74, 6) is 0.0543. The van der Waals surface area contributed by atoms with Gasteiger partial charge in [-0.2, -0.15) is 0 Å². The zero-order chi connectivity index (χ0) is 9.26. The molecule has 3 heteroatoms. The van der Waals surface area contributed by atoms with Crippen molar-refractivity contribution in [2.45, 2.75) is 5.92 Å². The van der Waals surface area contributed by atoms with E-state index in [9.17, 15) is 4.79 Å². The Morgan fingerprint density at radius 2 is 2.31 bits per heavy atom. The molecule has 0 saturated carbocycles. The van der Waals surface area contributed by atoms with Gasteiger partial charge in [-0.05, 0) is 11.6 Å². The van der Waals surface area contributed by atoms with E-state index in [1.807, 2.05) is 24.3 Å². The van der Waals surface area contributed by atoms with Crippen molar-refractivity contribution < 1.29 is 4.79 Å². The second-order valence-electron chi connectivity index (χ2n) is 3.13.